The van der Waals surface area contributed by atoms with E-state index in [1.54, 1.807) is 6.07 Å². The maximum absolute atomic E-state index is 14.5. The number of para-hydroxylation sites is 1. The summed E-state index contributed by atoms with van der Waals surface area (Å²) in [5.74, 6) is 0.00943. The molecule has 0 unspecified atom stereocenters. The van der Waals surface area contributed by atoms with Crippen LogP contribution in [0.3, 0.4) is 0 Å². The number of piperidine rings is 1. The van der Waals surface area contributed by atoms with E-state index in [2.05, 4.69) is 47.9 Å². The Bertz CT molecular complexity index is 1360. The summed E-state index contributed by atoms with van der Waals surface area (Å²) in [7, 11) is 0. The first-order valence-corrected chi connectivity index (χ1v) is 12.9. The topological polar surface area (TPSA) is 51.3 Å². The van der Waals surface area contributed by atoms with E-state index in [1.807, 2.05) is 29.3 Å². The van der Waals surface area contributed by atoms with E-state index in [-0.39, 0.29) is 30.0 Å². The van der Waals surface area contributed by atoms with Gasteiger partial charge in [0.15, 0.2) is 0 Å². The van der Waals surface area contributed by atoms with E-state index in [1.165, 1.54) is 17.2 Å². The van der Waals surface area contributed by atoms with Gasteiger partial charge in [-0.05, 0) is 66.8 Å². The number of likely N-dealkylation sites (tertiary alicyclic amines) is 1. The minimum absolute atomic E-state index is 0. The van der Waals surface area contributed by atoms with Crippen molar-refractivity contribution < 1.29 is 9.18 Å². The predicted molar refractivity (Wildman–Crippen MR) is 151 cm³/mol. The Labute approximate surface area is 224 Å². The number of halogens is 2. The van der Waals surface area contributed by atoms with E-state index in [9.17, 15) is 9.18 Å². The van der Waals surface area contributed by atoms with Crippen LogP contribution in [0, 0.1) is 12.7 Å². The SMILES string of the molecule is Cc1cccc2c(C(=O)N3CCC(c4cc(CN)ccc4F)CC3)cn(CCCc3ccccc3)c12.Cl. The van der Waals surface area contributed by atoms with Crippen molar-refractivity contribution in [3.63, 3.8) is 0 Å². The van der Waals surface area contributed by atoms with Crippen LogP contribution in [0.1, 0.15) is 57.8 Å². The number of benzene rings is 3. The van der Waals surface area contributed by atoms with Crippen LogP contribution < -0.4 is 5.73 Å². The lowest BCUT2D eigenvalue weighted by Gasteiger charge is -2.32. The van der Waals surface area contributed by atoms with E-state index in [4.69, 9.17) is 5.73 Å². The van der Waals surface area contributed by atoms with Gasteiger partial charge >= 0.3 is 0 Å². The van der Waals surface area contributed by atoms with Crippen LogP contribution >= 0.6 is 12.4 Å². The maximum Gasteiger partial charge on any atom is 0.256 e. The highest BCUT2D eigenvalue weighted by Gasteiger charge is 2.28. The molecule has 0 bridgehead atoms. The molecule has 2 heterocycles. The number of carbonyl (C=O) groups is 1. The third kappa shape index (κ3) is 5.73. The van der Waals surface area contributed by atoms with Gasteiger partial charge in [-0.3, -0.25) is 4.79 Å². The zero-order valence-corrected chi connectivity index (χ0v) is 22.1. The molecule has 0 radical (unpaired) electrons. The van der Waals surface area contributed by atoms with Crippen molar-refractivity contribution in [2.45, 2.75) is 51.6 Å². The number of aromatic nitrogens is 1. The van der Waals surface area contributed by atoms with E-state index < -0.39 is 0 Å². The normalized spacial score (nSPS) is 14.1. The zero-order chi connectivity index (χ0) is 25.1. The van der Waals surface area contributed by atoms with Gasteiger partial charge in [-0.25, -0.2) is 4.39 Å². The Hall–Kier alpha value is -3.15. The molecule has 3 aromatic carbocycles. The Kier molecular flexibility index (Phi) is 8.67. The van der Waals surface area contributed by atoms with Gasteiger partial charge in [-0.1, -0.05) is 60.7 Å². The lowest BCUT2D eigenvalue weighted by atomic mass is 9.88. The maximum atomic E-state index is 14.5. The number of aryl methyl sites for hydroxylation is 3. The Morgan fingerprint density at radius 2 is 1.76 bits per heavy atom. The summed E-state index contributed by atoms with van der Waals surface area (Å²) in [5, 5.41) is 1.02. The summed E-state index contributed by atoms with van der Waals surface area (Å²) >= 11 is 0. The molecule has 5 rings (SSSR count). The van der Waals surface area contributed by atoms with Crippen molar-refractivity contribution in [3.05, 3.63) is 107 Å². The molecule has 1 aliphatic rings. The summed E-state index contributed by atoms with van der Waals surface area (Å²) in [6.07, 6.45) is 5.57. The van der Waals surface area contributed by atoms with Crippen molar-refractivity contribution >= 4 is 29.2 Å². The highest BCUT2D eigenvalue weighted by atomic mass is 35.5. The molecule has 0 atom stereocenters. The standard InChI is InChI=1S/C31H34FN3O.ClH/c1-22-7-5-11-26-28(21-35(30(22)26)16-6-10-23-8-3-2-4-9-23)31(36)34-17-14-25(15-18-34)27-19-24(20-33)12-13-29(27)32;/h2-5,7-9,11-13,19,21,25H,6,10,14-18,20,33H2,1H3;1H. The molecule has 1 saturated heterocycles. The summed E-state index contributed by atoms with van der Waals surface area (Å²) in [5.41, 5.74) is 11.9. The summed E-state index contributed by atoms with van der Waals surface area (Å²) < 4.78 is 16.8. The second-order valence-corrected chi connectivity index (χ2v) is 9.92. The second kappa shape index (κ2) is 11.9. The molecule has 37 heavy (non-hydrogen) atoms. The number of amides is 1. The molecule has 0 spiro atoms. The van der Waals surface area contributed by atoms with Crippen LogP contribution in [-0.4, -0.2) is 28.5 Å². The van der Waals surface area contributed by atoms with Gasteiger partial charge in [-0.2, -0.15) is 0 Å². The quantitative estimate of drug-likeness (QED) is 0.298. The highest BCUT2D eigenvalue weighted by Crippen LogP contribution is 2.32. The van der Waals surface area contributed by atoms with Gasteiger partial charge in [-0.15, -0.1) is 12.4 Å². The van der Waals surface area contributed by atoms with E-state index in [0.29, 0.717) is 19.6 Å². The smallest absolute Gasteiger partial charge is 0.256 e. The van der Waals surface area contributed by atoms with Crippen molar-refractivity contribution in [2.24, 2.45) is 5.73 Å². The molecule has 4 nitrogen and oxygen atoms in total. The largest absolute Gasteiger partial charge is 0.346 e. The van der Waals surface area contributed by atoms with Gasteiger partial charge in [0, 0.05) is 37.8 Å². The van der Waals surface area contributed by atoms with Crippen molar-refractivity contribution in [3.8, 4) is 0 Å². The molecule has 1 fully saturated rings. The number of hydrogen-bond donors (Lipinski definition) is 1. The average Bonchev–Trinajstić information content (AvgIpc) is 3.29. The fraction of sp³-hybridized carbons (Fsp3) is 0.323. The first-order valence-electron chi connectivity index (χ1n) is 12.9. The molecular formula is C31H35ClFN3O. The van der Waals surface area contributed by atoms with E-state index in [0.717, 1.165) is 59.8 Å². The van der Waals surface area contributed by atoms with Gasteiger partial charge in [0.2, 0.25) is 0 Å². The van der Waals surface area contributed by atoms with Gasteiger partial charge in [0.25, 0.3) is 5.91 Å². The van der Waals surface area contributed by atoms with Crippen LogP contribution in [-0.2, 0) is 19.5 Å². The van der Waals surface area contributed by atoms with Gasteiger partial charge < -0.3 is 15.2 Å². The van der Waals surface area contributed by atoms with Crippen molar-refractivity contribution in [2.75, 3.05) is 13.1 Å². The van der Waals surface area contributed by atoms with Gasteiger partial charge in [0.1, 0.15) is 5.82 Å². The monoisotopic (exact) mass is 519 g/mol. The first kappa shape index (κ1) is 26.9. The molecule has 1 amide bonds. The third-order valence-corrected chi connectivity index (χ3v) is 7.56. The molecule has 6 heteroatoms. The summed E-state index contributed by atoms with van der Waals surface area (Å²) in [6.45, 7) is 4.63. The number of nitrogens with two attached hydrogens (primary N) is 1. The first-order chi connectivity index (χ1) is 17.5. The predicted octanol–water partition coefficient (Wildman–Crippen LogP) is 6.62. The Balaban J connectivity index is 0.00000320. The highest BCUT2D eigenvalue weighted by molar-refractivity contribution is 6.07. The zero-order valence-electron chi connectivity index (χ0n) is 21.3. The van der Waals surface area contributed by atoms with Crippen LogP contribution in [0.5, 0.6) is 0 Å². The molecule has 1 aromatic heterocycles. The van der Waals surface area contributed by atoms with Crippen molar-refractivity contribution in [1.82, 2.24) is 9.47 Å². The molecule has 194 valence electrons. The third-order valence-electron chi connectivity index (χ3n) is 7.56. The molecule has 4 aromatic rings. The van der Waals surface area contributed by atoms with Crippen LogP contribution in [0.15, 0.2) is 72.9 Å². The average molecular weight is 520 g/mol. The van der Waals surface area contributed by atoms with Crippen LogP contribution in [0.4, 0.5) is 4.39 Å². The van der Waals surface area contributed by atoms with Crippen LogP contribution in [0.25, 0.3) is 10.9 Å². The lowest BCUT2D eigenvalue weighted by molar-refractivity contribution is 0.0714. The number of rotatable bonds is 7. The minimum Gasteiger partial charge on any atom is -0.346 e. The fourth-order valence-electron chi connectivity index (χ4n) is 5.59. The Morgan fingerprint density at radius 1 is 1.00 bits per heavy atom. The molecule has 0 saturated carbocycles. The second-order valence-electron chi connectivity index (χ2n) is 9.92. The van der Waals surface area contributed by atoms with E-state index >= 15 is 0 Å². The number of nitrogens with zero attached hydrogens (tertiary/aromatic N) is 2. The Morgan fingerprint density at radius 3 is 2.49 bits per heavy atom. The number of fused-ring (bicyclic) bond motifs is 1. The minimum atomic E-state index is -0.175. The van der Waals surface area contributed by atoms with Crippen LogP contribution in [0.2, 0.25) is 0 Å². The molecular weight excluding hydrogens is 485 g/mol. The molecule has 2 N–H and O–H groups in total. The van der Waals surface area contributed by atoms with Gasteiger partial charge in [0.05, 0.1) is 11.1 Å². The molecule has 0 aliphatic carbocycles. The fourth-order valence-corrected chi connectivity index (χ4v) is 5.59. The summed E-state index contributed by atoms with van der Waals surface area (Å²) in [6, 6.07) is 21.9. The lowest BCUT2D eigenvalue weighted by Crippen LogP contribution is -2.38. The molecule has 1 aliphatic heterocycles. The summed E-state index contributed by atoms with van der Waals surface area (Å²) in [4.78, 5) is 15.6. The number of hydrogen-bond acceptors (Lipinski definition) is 2. The van der Waals surface area contributed by atoms with Crippen molar-refractivity contribution in [1.29, 1.82) is 0 Å². The number of carbonyl (C=O) groups excluding carboxylic acids is 1.